The smallest absolute Gasteiger partial charge is 0.232 e. The number of nitrogens with one attached hydrogen (secondary N) is 2. The van der Waals surface area contributed by atoms with Gasteiger partial charge in [0.15, 0.2) is 5.82 Å². The molecule has 1 fully saturated rings. The van der Waals surface area contributed by atoms with E-state index < -0.39 is 0 Å². The summed E-state index contributed by atoms with van der Waals surface area (Å²) < 4.78 is 13.1. The van der Waals surface area contributed by atoms with Gasteiger partial charge in [-0.05, 0) is 48.9 Å². The number of nitrogen functional groups attached to an aromatic ring is 1. The number of rotatable bonds is 5. The largest absolute Gasteiger partial charge is 0.368 e. The summed E-state index contributed by atoms with van der Waals surface area (Å²) >= 11 is 6.19. The molecule has 30 heavy (non-hydrogen) atoms. The normalized spacial score (nSPS) is 14.7. The van der Waals surface area contributed by atoms with Crippen LogP contribution in [0.3, 0.4) is 0 Å². The average Bonchev–Trinajstić information content (AvgIpc) is 2.72. The van der Waals surface area contributed by atoms with Crippen molar-refractivity contribution in [3.8, 4) is 0 Å². The predicted octanol–water partition coefficient (Wildman–Crippen LogP) is 2.20. The summed E-state index contributed by atoms with van der Waals surface area (Å²) in [5.74, 6) is 1.02. The number of piperazine rings is 1. The van der Waals surface area contributed by atoms with Crippen LogP contribution in [0.2, 0.25) is 5.02 Å². The molecule has 1 aliphatic heterocycles. The van der Waals surface area contributed by atoms with E-state index in [0.29, 0.717) is 23.3 Å². The first kappa shape index (κ1) is 20.3. The fourth-order valence-electron chi connectivity index (χ4n) is 3.51. The summed E-state index contributed by atoms with van der Waals surface area (Å²) in [5.41, 5.74) is 8.75. The Kier molecular flexibility index (Phi) is 5.96. The minimum absolute atomic E-state index is 0.185. The monoisotopic (exact) mass is 428 g/mol. The molecule has 0 spiro atoms. The molecular weight excluding hydrogens is 405 g/mol. The number of quaternary nitrogens is 1. The SMILES string of the molecule is Cc1ccc(Nc2nc(N)nc(C[NH+]3CCN(c4ccc(F)cc4)CC3)n2)cc1Cl. The van der Waals surface area contributed by atoms with Crippen LogP contribution >= 0.6 is 11.6 Å². The van der Waals surface area contributed by atoms with Crippen LogP contribution in [0.15, 0.2) is 42.5 Å². The number of nitrogens with zero attached hydrogens (tertiary/aromatic N) is 4. The minimum Gasteiger partial charge on any atom is -0.368 e. The van der Waals surface area contributed by atoms with Gasteiger partial charge in [-0.15, -0.1) is 0 Å². The molecule has 9 heteroatoms. The van der Waals surface area contributed by atoms with E-state index in [4.69, 9.17) is 17.3 Å². The highest BCUT2D eigenvalue weighted by molar-refractivity contribution is 6.31. The van der Waals surface area contributed by atoms with Crippen molar-refractivity contribution in [2.75, 3.05) is 42.1 Å². The van der Waals surface area contributed by atoms with Crippen LogP contribution in [-0.4, -0.2) is 41.1 Å². The lowest BCUT2D eigenvalue weighted by Crippen LogP contribution is -3.13. The van der Waals surface area contributed by atoms with Gasteiger partial charge in [-0.1, -0.05) is 17.7 Å². The summed E-state index contributed by atoms with van der Waals surface area (Å²) in [6.45, 7) is 6.23. The molecule has 0 radical (unpaired) electrons. The van der Waals surface area contributed by atoms with Gasteiger partial charge < -0.3 is 20.9 Å². The number of benzene rings is 2. The van der Waals surface area contributed by atoms with Crippen LogP contribution in [0, 0.1) is 12.7 Å². The van der Waals surface area contributed by atoms with Crippen molar-refractivity contribution in [3.63, 3.8) is 0 Å². The molecule has 1 saturated heterocycles. The highest BCUT2D eigenvalue weighted by Crippen LogP contribution is 2.22. The Balaban J connectivity index is 1.39. The maximum absolute atomic E-state index is 13.1. The summed E-state index contributed by atoms with van der Waals surface area (Å²) in [7, 11) is 0. The van der Waals surface area contributed by atoms with Gasteiger partial charge in [0, 0.05) is 16.4 Å². The fraction of sp³-hybridized carbons (Fsp3) is 0.286. The van der Waals surface area contributed by atoms with Gasteiger partial charge in [-0.3, -0.25) is 0 Å². The van der Waals surface area contributed by atoms with Crippen molar-refractivity contribution < 1.29 is 9.29 Å². The van der Waals surface area contributed by atoms with E-state index in [1.54, 1.807) is 0 Å². The Labute approximate surface area is 179 Å². The number of hydrogen-bond acceptors (Lipinski definition) is 6. The molecular formula is C21H24ClFN7+. The third-order valence-electron chi connectivity index (χ3n) is 5.20. The molecule has 1 aliphatic rings. The zero-order valence-electron chi connectivity index (χ0n) is 16.7. The highest BCUT2D eigenvalue weighted by atomic mass is 35.5. The average molecular weight is 429 g/mol. The minimum atomic E-state index is -0.215. The third kappa shape index (κ3) is 4.95. The summed E-state index contributed by atoms with van der Waals surface area (Å²) in [4.78, 5) is 16.6. The second-order valence-corrected chi connectivity index (χ2v) is 7.82. The van der Waals surface area contributed by atoms with E-state index in [2.05, 4.69) is 25.2 Å². The first-order valence-electron chi connectivity index (χ1n) is 9.84. The lowest BCUT2D eigenvalue weighted by atomic mass is 10.2. The highest BCUT2D eigenvalue weighted by Gasteiger charge is 2.22. The molecule has 1 aromatic heterocycles. The van der Waals surface area contributed by atoms with E-state index >= 15 is 0 Å². The fourth-order valence-corrected chi connectivity index (χ4v) is 3.69. The van der Waals surface area contributed by atoms with Crippen LogP contribution in [0.5, 0.6) is 0 Å². The summed E-state index contributed by atoms with van der Waals surface area (Å²) in [6.07, 6.45) is 0. The van der Waals surface area contributed by atoms with Crippen LogP contribution in [0.1, 0.15) is 11.4 Å². The van der Waals surface area contributed by atoms with Crippen LogP contribution in [0.25, 0.3) is 0 Å². The molecule has 3 aromatic rings. The Morgan fingerprint density at radius 3 is 2.53 bits per heavy atom. The van der Waals surface area contributed by atoms with E-state index in [-0.39, 0.29) is 11.8 Å². The van der Waals surface area contributed by atoms with E-state index in [0.717, 1.165) is 43.1 Å². The van der Waals surface area contributed by atoms with Gasteiger partial charge in [0.2, 0.25) is 11.9 Å². The Hall–Kier alpha value is -2.97. The van der Waals surface area contributed by atoms with Crippen molar-refractivity contribution >= 4 is 34.9 Å². The number of hydrogen-bond donors (Lipinski definition) is 3. The molecule has 4 N–H and O–H groups in total. The number of nitrogens with two attached hydrogens (primary N) is 1. The third-order valence-corrected chi connectivity index (χ3v) is 5.60. The van der Waals surface area contributed by atoms with Crippen LogP contribution < -0.4 is 20.9 Å². The Morgan fingerprint density at radius 1 is 1.10 bits per heavy atom. The van der Waals surface area contributed by atoms with E-state index in [9.17, 15) is 4.39 Å². The molecule has 0 amide bonds. The maximum atomic E-state index is 13.1. The molecule has 2 heterocycles. The van der Waals surface area contributed by atoms with Crippen molar-refractivity contribution in [1.82, 2.24) is 15.0 Å². The predicted molar refractivity (Wildman–Crippen MR) is 117 cm³/mol. The quantitative estimate of drug-likeness (QED) is 0.577. The number of aromatic nitrogens is 3. The second kappa shape index (κ2) is 8.81. The molecule has 4 rings (SSSR count). The van der Waals surface area contributed by atoms with Crippen molar-refractivity contribution in [2.24, 2.45) is 0 Å². The standard InChI is InChI=1S/C21H23ClFN7/c1-14-2-5-16(12-18(14)22)25-21-27-19(26-20(24)28-21)13-29-8-10-30(11-9-29)17-6-3-15(23)4-7-17/h2-7,12H,8-11,13H2,1H3,(H3,24,25,26,27,28)/p+1. The van der Waals surface area contributed by atoms with Crippen molar-refractivity contribution in [1.29, 1.82) is 0 Å². The zero-order chi connectivity index (χ0) is 21.1. The van der Waals surface area contributed by atoms with Gasteiger partial charge in [0.25, 0.3) is 0 Å². The zero-order valence-corrected chi connectivity index (χ0v) is 17.5. The van der Waals surface area contributed by atoms with E-state index in [1.807, 2.05) is 37.3 Å². The van der Waals surface area contributed by atoms with Crippen LogP contribution in [0.4, 0.5) is 27.7 Å². The molecule has 0 atom stereocenters. The molecule has 0 aliphatic carbocycles. The molecule has 0 saturated carbocycles. The Morgan fingerprint density at radius 2 is 1.83 bits per heavy atom. The number of anilines is 4. The molecule has 0 bridgehead atoms. The topological polar surface area (TPSA) is 84.4 Å². The molecule has 0 unspecified atom stereocenters. The molecule has 2 aromatic carbocycles. The van der Waals surface area contributed by atoms with E-state index in [1.165, 1.54) is 17.0 Å². The second-order valence-electron chi connectivity index (χ2n) is 7.41. The van der Waals surface area contributed by atoms with Gasteiger partial charge >= 0.3 is 0 Å². The first-order valence-corrected chi connectivity index (χ1v) is 10.2. The molecule has 7 nitrogen and oxygen atoms in total. The number of halogens is 2. The summed E-state index contributed by atoms with van der Waals surface area (Å²) in [5, 5.41) is 3.82. The Bertz CT molecular complexity index is 1020. The van der Waals surface area contributed by atoms with Gasteiger partial charge in [0.05, 0.1) is 26.2 Å². The number of aryl methyl sites for hydroxylation is 1. The maximum Gasteiger partial charge on any atom is 0.232 e. The lowest BCUT2D eigenvalue weighted by Gasteiger charge is -2.33. The lowest BCUT2D eigenvalue weighted by molar-refractivity contribution is -0.915. The first-order chi connectivity index (χ1) is 14.5. The van der Waals surface area contributed by atoms with Gasteiger partial charge in [-0.2, -0.15) is 15.0 Å². The van der Waals surface area contributed by atoms with Crippen molar-refractivity contribution in [3.05, 3.63) is 64.7 Å². The van der Waals surface area contributed by atoms with Crippen molar-refractivity contribution in [2.45, 2.75) is 13.5 Å². The van der Waals surface area contributed by atoms with Gasteiger partial charge in [-0.25, -0.2) is 4.39 Å². The summed E-state index contributed by atoms with van der Waals surface area (Å²) in [6, 6.07) is 12.3. The van der Waals surface area contributed by atoms with Gasteiger partial charge in [0.1, 0.15) is 12.4 Å². The van der Waals surface area contributed by atoms with Crippen LogP contribution in [-0.2, 0) is 6.54 Å². The molecule has 156 valence electrons.